The van der Waals surface area contributed by atoms with Gasteiger partial charge in [0.25, 0.3) is 5.91 Å². The molecular formula is C16H18N4O4S. The topological polar surface area (TPSA) is 144 Å². The Morgan fingerprint density at radius 1 is 0.960 bits per heavy atom. The zero-order valence-corrected chi connectivity index (χ0v) is 14.0. The lowest BCUT2D eigenvalue weighted by atomic mass is 10.1. The molecule has 2 aromatic rings. The van der Waals surface area contributed by atoms with E-state index in [9.17, 15) is 18.0 Å². The van der Waals surface area contributed by atoms with Gasteiger partial charge >= 0.3 is 6.03 Å². The number of hydrogen-bond acceptors (Lipinski definition) is 4. The smallest absolute Gasteiger partial charge is 0.316 e. The Bertz CT molecular complexity index is 862. The summed E-state index contributed by atoms with van der Waals surface area (Å²) < 4.78 is 22.4. The van der Waals surface area contributed by atoms with E-state index in [-0.39, 0.29) is 10.8 Å². The van der Waals surface area contributed by atoms with Gasteiger partial charge in [0.1, 0.15) is 0 Å². The molecule has 8 nitrogen and oxygen atoms in total. The van der Waals surface area contributed by atoms with Gasteiger partial charge in [-0.25, -0.2) is 18.4 Å². The third kappa shape index (κ3) is 5.59. The number of carbonyl (C=O) groups is 2. The predicted octanol–water partition coefficient (Wildman–Crippen LogP) is 0.797. The van der Waals surface area contributed by atoms with Gasteiger partial charge in [0.2, 0.25) is 10.0 Å². The number of primary amides is 1. The van der Waals surface area contributed by atoms with Gasteiger partial charge in [-0.05, 0) is 48.4 Å². The molecular weight excluding hydrogens is 344 g/mol. The summed E-state index contributed by atoms with van der Waals surface area (Å²) in [6.45, 7) is 0.384. The first-order valence-electron chi connectivity index (χ1n) is 7.32. The van der Waals surface area contributed by atoms with Gasteiger partial charge in [-0.1, -0.05) is 12.1 Å². The van der Waals surface area contributed by atoms with Crippen LogP contribution < -0.4 is 21.5 Å². The fourth-order valence-corrected chi connectivity index (χ4v) is 2.63. The molecule has 9 heteroatoms. The van der Waals surface area contributed by atoms with Crippen molar-refractivity contribution in [3.63, 3.8) is 0 Å². The largest absolute Gasteiger partial charge is 0.352 e. The quantitative estimate of drug-likeness (QED) is 0.602. The van der Waals surface area contributed by atoms with Crippen molar-refractivity contribution < 1.29 is 18.0 Å². The van der Waals surface area contributed by atoms with E-state index in [4.69, 9.17) is 10.9 Å². The molecule has 0 fully saturated rings. The molecule has 0 aliphatic carbocycles. The number of sulfonamides is 1. The van der Waals surface area contributed by atoms with Crippen LogP contribution in [0.3, 0.4) is 0 Å². The Kier molecular flexibility index (Phi) is 5.73. The standard InChI is InChI=1S/C16H18N4O4S/c17-16(22)20-13-5-3-12(4-6-13)15(21)19-10-9-11-1-7-14(8-2-11)25(18,23)24/h1-8H,9-10H2,(H,19,21)(H3,17,20,22)(H2,18,23,24). The number of benzene rings is 2. The number of nitrogens with one attached hydrogen (secondary N) is 2. The van der Waals surface area contributed by atoms with Crippen LogP contribution in [0.5, 0.6) is 0 Å². The maximum absolute atomic E-state index is 12.0. The molecule has 0 saturated heterocycles. The van der Waals surface area contributed by atoms with Gasteiger partial charge < -0.3 is 16.4 Å². The summed E-state index contributed by atoms with van der Waals surface area (Å²) in [5.74, 6) is -0.258. The highest BCUT2D eigenvalue weighted by Crippen LogP contribution is 2.10. The first-order chi connectivity index (χ1) is 11.8. The molecule has 0 unspecified atom stereocenters. The predicted molar refractivity (Wildman–Crippen MR) is 93.5 cm³/mol. The van der Waals surface area contributed by atoms with E-state index in [0.717, 1.165) is 5.56 Å². The SMILES string of the molecule is NC(=O)Nc1ccc(C(=O)NCCc2ccc(S(N)(=O)=O)cc2)cc1. The zero-order chi connectivity index (χ0) is 18.4. The van der Waals surface area contributed by atoms with E-state index in [1.54, 1.807) is 36.4 Å². The van der Waals surface area contributed by atoms with E-state index in [2.05, 4.69) is 10.6 Å². The maximum atomic E-state index is 12.0. The van der Waals surface area contributed by atoms with Crippen molar-refractivity contribution in [1.82, 2.24) is 5.32 Å². The molecule has 0 bridgehead atoms. The number of amides is 3. The second-order valence-corrected chi connectivity index (χ2v) is 6.82. The number of nitrogens with two attached hydrogens (primary N) is 2. The van der Waals surface area contributed by atoms with Crippen LogP contribution in [0, 0.1) is 0 Å². The fraction of sp³-hybridized carbons (Fsp3) is 0.125. The summed E-state index contributed by atoms with van der Waals surface area (Å²) in [5, 5.41) is 10.2. The van der Waals surface area contributed by atoms with Crippen LogP contribution in [0.25, 0.3) is 0 Å². The molecule has 0 spiro atoms. The number of carbonyl (C=O) groups excluding carboxylic acids is 2. The summed E-state index contributed by atoms with van der Waals surface area (Å²) in [6.07, 6.45) is 0.540. The molecule has 0 saturated carbocycles. The molecule has 6 N–H and O–H groups in total. The highest BCUT2D eigenvalue weighted by atomic mass is 32.2. The maximum Gasteiger partial charge on any atom is 0.316 e. The Morgan fingerprint density at radius 3 is 2.08 bits per heavy atom. The Balaban J connectivity index is 1.87. The van der Waals surface area contributed by atoms with Gasteiger partial charge in [0.05, 0.1) is 4.90 Å². The Labute approximate surface area is 145 Å². The van der Waals surface area contributed by atoms with Crippen LogP contribution in [-0.4, -0.2) is 26.9 Å². The summed E-state index contributed by atoms with van der Waals surface area (Å²) >= 11 is 0. The molecule has 0 heterocycles. The molecule has 0 aliphatic heterocycles. The fourth-order valence-electron chi connectivity index (χ4n) is 2.12. The van der Waals surface area contributed by atoms with Crippen LogP contribution in [0.15, 0.2) is 53.4 Å². The lowest BCUT2D eigenvalue weighted by molar-refractivity contribution is 0.0954. The number of anilines is 1. The van der Waals surface area contributed by atoms with Crippen molar-refractivity contribution in [3.05, 3.63) is 59.7 Å². The minimum absolute atomic E-state index is 0.0462. The first-order valence-corrected chi connectivity index (χ1v) is 8.87. The normalized spacial score (nSPS) is 10.9. The zero-order valence-electron chi connectivity index (χ0n) is 13.2. The average Bonchev–Trinajstić information content (AvgIpc) is 2.54. The minimum Gasteiger partial charge on any atom is -0.352 e. The molecule has 3 amide bonds. The van der Waals surface area contributed by atoms with E-state index in [1.165, 1.54) is 12.1 Å². The van der Waals surface area contributed by atoms with Gasteiger partial charge in [0, 0.05) is 17.8 Å². The molecule has 0 aliphatic rings. The third-order valence-electron chi connectivity index (χ3n) is 3.37. The highest BCUT2D eigenvalue weighted by molar-refractivity contribution is 7.89. The summed E-state index contributed by atoms with van der Waals surface area (Å²) in [4.78, 5) is 22.8. The number of hydrogen-bond donors (Lipinski definition) is 4. The molecule has 132 valence electrons. The van der Waals surface area contributed by atoms with Crippen molar-refractivity contribution in [3.8, 4) is 0 Å². The molecule has 25 heavy (non-hydrogen) atoms. The average molecular weight is 362 g/mol. The van der Waals surface area contributed by atoms with E-state index >= 15 is 0 Å². The molecule has 2 rings (SSSR count). The van der Waals surface area contributed by atoms with Crippen LogP contribution in [-0.2, 0) is 16.4 Å². The Hall–Kier alpha value is -2.91. The van der Waals surface area contributed by atoms with Crippen LogP contribution in [0.2, 0.25) is 0 Å². The van der Waals surface area contributed by atoms with Gasteiger partial charge in [0.15, 0.2) is 0 Å². The van der Waals surface area contributed by atoms with Crippen LogP contribution in [0.1, 0.15) is 15.9 Å². The van der Waals surface area contributed by atoms with Crippen molar-refractivity contribution >= 4 is 27.6 Å². The van der Waals surface area contributed by atoms with E-state index in [1.807, 2.05) is 0 Å². The van der Waals surface area contributed by atoms with Crippen molar-refractivity contribution in [2.45, 2.75) is 11.3 Å². The molecule has 0 atom stereocenters. The van der Waals surface area contributed by atoms with Gasteiger partial charge in [-0.3, -0.25) is 4.79 Å². The monoisotopic (exact) mass is 362 g/mol. The number of primary sulfonamides is 1. The Morgan fingerprint density at radius 2 is 1.56 bits per heavy atom. The van der Waals surface area contributed by atoms with E-state index < -0.39 is 16.1 Å². The van der Waals surface area contributed by atoms with Crippen LogP contribution >= 0.6 is 0 Å². The number of rotatable bonds is 6. The lowest BCUT2D eigenvalue weighted by Crippen LogP contribution is -2.25. The lowest BCUT2D eigenvalue weighted by Gasteiger charge is -2.07. The van der Waals surface area contributed by atoms with Crippen molar-refractivity contribution in [2.75, 3.05) is 11.9 Å². The second kappa shape index (κ2) is 7.77. The molecule has 0 radical (unpaired) electrons. The summed E-state index contributed by atoms with van der Waals surface area (Å²) in [5.41, 5.74) is 6.82. The minimum atomic E-state index is -3.70. The molecule has 2 aromatic carbocycles. The number of urea groups is 1. The van der Waals surface area contributed by atoms with Crippen molar-refractivity contribution in [1.29, 1.82) is 0 Å². The third-order valence-corrected chi connectivity index (χ3v) is 4.29. The van der Waals surface area contributed by atoms with E-state index in [0.29, 0.717) is 24.2 Å². The van der Waals surface area contributed by atoms with Crippen molar-refractivity contribution in [2.24, 2.45) is 10.9 Å². The van der Waals surface area contributed by atoms with Gasteiger partial charge in [-0.15, -0.1) is 0 Å². The second-order valence-electron chi connectivity index (χ2n) is 5.26. The van der Waals surface area contributed by atoms with Crippen LogP contribution in [0.4, 0.5) is 10.5 Å². The first kappa shape index (κ1) is 18.4. The highest BCUT2D eigenvalue weighted by Gasteiger charge is 2.08. The van der Waals surface area contributed by atoms with Gasteiger partial charge in [-0.2, -0.15) is 0 Å². The summed E-state index contributed by atoms with van der Waals surface area (Å²) in [6, 6.07) is 11.8. The summed E-state index contributed by atoms with van der Waals surface area (Å²) in [7, 11) is -3.70. The molecule has 0 aromatic heterocycles.